The van der Waals surface area contributed by atoms with Crippen molar-refractivity contribution in [1.29, 1.82) is 0 Å². The van der Waals surface area contributed by atoms with Gasteiger partial charge in [0.05, 0.1) is 21.6 Å². The zero-order valence-corrected chi connectivity index (χ0v) is 16.4. The van der Waals surface area contributed by atoms with Gasteiger partial charge in [-0.3, -0.25) is 9.97 Å². The number of hydrogen-bond acceptors (Lipinski definition) is 4. The van der Waals surface area contributed by atoms with E-state index in [1.54, 1.807) is 11.3 Å². The van der Waals surface area contributed by atoms with Crippen molar-refractivity contribution in [2.75, 3.05) is 0 Å². The largest absolute Gasteiger partial charge is 0.352 e. The van der Waals surface area contributed by atoms with Crippen LogP contribution in [0.4, 0.5) is 0 Å². The molecule has 4 heterocycles. The smallest absolute Gasteiger partial charge is 0.170 e. The van der Waals surface area contributed by atoms with Gasteiger partial charge in [0.15, 0.2) is 5.11 Å². The zero-order chi connectivity index (χ0) is 17.2. The topological polar surface area (TPSA) is 41.1 Å². The second-order valence-electron chi connectivity index (χ2n) is 5.75. The molecule has 0 aromatic carbocycles. The minimum absolute atomic E-state index is 0.0288. The summed E-state index contributed by atoms with van der Waals surface area (Å²) in [6.07, 6.45) is 5.46. The molecule has 4 nitrogen and oxygen atoms in total. The van der Waals surface area contributed by atoms with Crippen LogP contribution in [0.25, 0.3) is 0 Å². The Morgan fingerprint density at radius 2 is 1.96 bits per heavy atom. The molecule has 2 atom stereocenters. The van der Waals surface area contributed by atoms with Crippen LogP contribution in [0.2, 0.25) is 0 Å². The number of thiocarbonyl (C=S) groups is 1. The van der Waals surface area contributed by atoms with Gasteiger partial charge in [-0.25, -0.2) is 0 Å². The molecule has 0 amide bonds. The molecule has 1 aliphatic heterocycles. The first-order valence-electron chi connectivity index (χ1n) is 7.84. The summed E-state index contributed by atoms with van der Waals surface area (Å²) in [5.41, 5.74) is 2.18. The summed E-state index contributed by atoms with van der Waals surface area (Å²) in [5, 5.41) is 4.22. The molecule has 0 unspecified atom stereocenters. The average molecular weight is 431 g/mol. The van der Waals surface area contributed by atoms with E-state index < -0.39 is 0 Å². The number of nitrogens with zero attached hydrogens (tertiary/aromatic N) is 3. The van der Waals surface area contributed by atoms with Crippen LogP contribution >= 0.6 is 39.5 Å². The van der Waals surface area contributed by atoms with Crippen LogP contribution in [-0.2, 0) is 6.54 Å². The molecule has 1 N–H and O–H groups in total. The van der Waals surface area contributed by atoms with Gasteiger partial charge in [-0.2, -0.15) is 0 Å². The summed E-state index contributed by atoms with van der Waals surface area (Å²) in [7, 11) is 0. The fourth-order valence-corrected chi connectivity index (χ4v) is 4.94. The Kier molecular flexibility index (Phi) is 4.78. The van der Waals surface area contributed by atoms with Crippen molar-refractivity contribution < 1.29 is 0 Å². The summed E-state index contributed by atoms with van der Waals surface area (Å²) < 4.78 is 1.11. The normalized spacial score (nSPS) is 19.9. The van der Waals surface area contributed by atoms with Crippen LogP contribution in [0.3, 0.4) is 0 Å². The lowest BCUT2D eigenvalue weighted by molar-refractivity contribution is 0.315. The highest BCUT2D eigenvalue weighted by Crippen LogP contribution is 2.42. The minimum Gasteiger partial charge on any atom is -0.352 e. The highest BCUT2D eigenvalue weighted by molar-refractivity contribution is 9.11. The van der Waals surface area contributed by atoms with E-state index in [1.807, 2.05) is 48.9 Å². The van der Waals surface area contributed by atoms with E-state index in [1.165, 1.54) is 10.4 Å². The van der Waals surface area contributed by atoms with Gasteiger partial charge in [0.2, 0.25) is 0 Å². The average Bonchev–Trinajstić information content (AvgIpc) is 3.20. The predicted octanol–water partition coefficient (Wildman–Crippen LogP) is 4.47. The quantitative estimate of drug-likeness (QED) is 0.618. The van der Waals surface area contributed by atoms with Crippen LogP contribution in [0, 0.1) is 0 Å². The fraction of sp³-hybridized carbons (Fsp3) is 0.167. The Morgan fingerprint density at radius 3 is 2.64 bits per heavy atom. The van der Waals surface area contributed by atoms with Gasteiger partial charge in [0, 0.05) is 30.0 Å². The van der Waals surface area contributed by atoms with Crippen molar-refractivity contribution in [3.8, 4) is 0 Å². The van der Waals surface area contributed by atoms with E-state index in [0.29, 0.717) is 0 Å². The van der Waals surface area contributed by atoms with Gasteiger partial charge in [-0.15, -0.1) is 11.3 Å². The van der Waals surface area contributed by atoms with Gasteiger partial charge in [0.1, 0.15) is 0 Å². The van der Waals surface area contributed by atoms with Crippen molar-refractivity contribution in [3.63, 3.8) is 0 Å². The molecular weight excluding hydrogens is 416 g/mol. The number of hydrogen-bond donors (Lipinski definition) is 1. The fourth-order valence-electron chi connectivity index (χ4n) is 3.06. The zero-order valence-electron chi connectivity index (χ0n) is 13.2. The molecule has 126 valence electrons. The summed E-state index contributed by atoms with van der Waals surface area (Å²) in [4.78, 5) is 12.1. The summed E-state index contributed by atoms with van der Waals surface area (Å²) >= 11 is 11.0. The number of thiophene rings is 1. The third kappa shape index (κ3) is 3.44. The van der Waals surface area contributed by atoms with E-state index >= 15 is 0 Å². The van der Waals surface area contributed by atoms with Crippen LogP contribution in [0.5, 0.6) is 0 Å². The molecule has 3 aromatic rings. The first-order chi connectivity index (χ1) is 12.2. The number of halogens is 1. The highest BCUT2D eigenvalue weighted by atomic mass is 79.9. The van der Waals surface area contributed by atoms with Gasteiger partial charge in [-0.1, -0.05) is 6.07 Å². The van der Waals surface area contributed by atoms with Crippen LogP contribution < -0.4 is 5.32 Å². The first kappa shape index (κ1) is 16.6. The lowest BCUT2D eigenvalue weighted by Gasteiger charge is -2.26. The molecule has 1 aliphatic rings. The molecule has 0 spiro atoms. The van der Waals surface area contributed by atoms with E-state index in [2.05, 4.69) is 48.2 Å². The third-order valence-electron chi connectivity index (χ3n) is 4.19. The van der Waals surface area contributed by atoms with Crippen molar-refractivity contribution in [2.45, 2.75) is 18.6 Å². The van der Waals surface area contributed by atoms with Crippen LogP contribution in [-0.4, -0.2) is 20.0 Å². The van der Waals surface area contributed by atoms with Gasteiger partial charge < -0.3 is 10.2 Å². The van der Waals surface area contributed by atoms with Crippen molar-refractivity contribution in [1.82, 2.24) is 20.2 Å². The summed E-state index contributed by atoms with van der Waals surface area (Å²) in [6.45, 7) is 0.734. The Bertz CT molecular complexity index is 869. The molecular formula is C18H15BrN4S2. The Labute approximate surface area is 164 Å². The highest BCUT2D eigenvalue weighted by Gasteiger charge is 2.40. The number of rotatable bonds is 4. The molecule has 1 fully saturated rings. The van der Waals surface area contributed by atoms with Gasteiger partial charge in [0.25, 0.3) is 0 Å². The molecule has 1 saturated heterocycles. The van der Waals surface area contributed by atoms with Crippen molar-refractivity contribution >= 4 is 44.6 Å². The number of pyridine rings is 2. The second kappa shape index (κ2) is 7.19. The van der Waals surface area contributed by atoms with E-state index in [0.717, 1.165) is 21.1 Å². The molecule has 3 aromatic heterocycles. The maximum Gasteiger partial charge on any atom is 0.170 e. The van der Waals surface area contributed by atoms with E-state index in [9.17, 15) is 0 Å². The lowest BCUT2D eigenvalue weighted by Crippen LogP contribution is -2.28. The SMILES string of the molecule is S=C1N[C@@H](c2ccccn2)[C@H](c2ccc(Br)s2)N1Cc1ccncc1. The molecule has 7 heteroatoms. The van der Waals surface area contributed by atoms with E-state index in [-0.39, 0.29) is 12.1 Å². The number of aromatic nitrogens is 2. The molecule has 0 saturated carbocycles. The standard InChI is InChI=1S/C18H15BrN4S2/c19-15-5-4-14(25-15)17-16(13-3-1-2-8-21-13)22-18(24)23(17)11-12-6-9-20-10-7-12/h1-10,16-17H,11H2,(H,22,24)/t16-,17-/m0/s1. The molecule has 25 heavy (non-hydrogen) atoms. The van der Waals surface area contributed by atoms with E-state index in [4.69, 9.17) is 12.2 Å². The van der Waals surface area contributed by atoms with Crippen LogP contribution in [0.15, 0.2) is 64.8 Å². The van der Waals surface area contributed by atoms with Crippen molar-refractivity contribution in [2.24, 2.45) is 0 Å². The Balaban J connectivity index is 1.72. The molecule has 0 bridgehead atoms. The third-order valence-corrected chi connectivity index (χ3v) is 6.23. The first-order valence-corrected chi connectivity index (χ1v) is 9.86. The Hall–Kier alpha value is -1.83. The molecule has 4 rings (SSSR count). The lowest BCUT2D eigenvalue weighted by atomic mass is 10.0. The Morgan fingerprint density at radius 1 is 1.12 bits per heavy atom. The van der Waals surface area contributed by atoms with Gasteiger partial charge in [-0.05, 0) is 70.1 Å². The summed E-state index contributed by atoms with van der Waals surface area (Å²) in [5.74, 6) is 0. The maximum absolute atomic E-state index is 5.66. The van der Waals surface area contributed by atoms with Crippen LogP contribution in [0.1, 0.15) is 28.2 Å². The molecule has 0 aliphatic carbocycles. The predicted molar refractivity (Wildman–Crippen MR) is 107 cm³/mol. The maximum atomic E-state index is 5.66. The van der Waals surface area contributed by atoms with Gasteiger partial charge >= 0.3 is 0 Å². The minimum atomic E-state index is 0.0288. The second-order valence-corrected chi connectivity index (χ2v) is 8.63. The summed E-state index contributed by atoms with van der Waals surface area (Å²) in [6, 6.07) is 14.4. The van der Waals surface area contributed by atoms with Crippen molar-refractivity contribution in [3.05, 3.63) is 81.0 Å². The molecule has 0 radical (unpaired) electrons. The number of nitrogens with one attached hydrogen (secondary N) is 1. The monoisotopic (exact) mass is 430 g/mol.